The molecule has 138 valence electrons. The number of aryl methyl sites for hydroxylation is 2. The lowest BCUT2D eigenvalue weighted by Crippen LogP contribution is -2.42. The van der Waals surface area contributed by atoms with Crippen LogP contribution < -0.4 is 5.32 Å². The third kappa shape index (κ3) is 3.85. The van der Waals surface area contributed by atoms with Crippen LogP contribution in [-0.4, -0.2) is 54.8 Å². The van der Waals surface area contributed by atoms with Gasteiger partial charge < -0.3 is 24.5 Å². The topological polar surface area (TPSA) is 88.2 Å². The van der Waals surface area contributed by atoms with E-state index < -0.39 is 0 Å². The molecular formula is C18H24N6O2. The number of urea groups is 1. The van der Waals surface area contributed by atoms with Crippen molar-refractivity contribution in [3.63, 3.8) is 0 Å². The minimum Gasteiger partial charge on any atom is -0.395 e. The molecule has 3 rings (SSSR count). The van der Waals surface area contributed by atoms with Crippen molar-refractivity contribution >= 4 is 17.1 Å². The van der Waals surface area contributed by atoms with Gasteiger partial charge in [0, 0.05) is 46.0 Å². The van der Waals surface area contributed by atoms with Gasteiger partial charge in [0.2, 0.25) is 0 Å². The molecule has 0 aliphatic heterocycles. The summed E-state index contributed by atoms with van der Waals surface area (Å²) in [5, 5.41) is 12.1. The van der Waals surface area contributed by atoms with Gasteiger partial charge in [-0.25, -0.2) is 14.8 Å². The van der Waals surface area contributed by atoms with Crippen molar-refractivity contribution in [3.8, 4) is 0 Å². The Labute approximate surface area is 152 Å². The Morgan fingerprint density at radius 3 is 2.77 bits per heavy atom. The van der Waals surface area contributed by atoms with Gasteiger partial charge in [-0.2, -0.15) is 0 Å². The zero-order chi connectivity index (χ0) is 18.5. The van der Waals surface area contributed by atoms with E-state index >= 15 is 0 Å². The first-order valence-electron chi connectivity index (χ1n) is 8.60. The van der Waals surface area contributed by atoms with Gasteiger partial charge in [0.05, 0.1) is 24.2 Å². The van der Waals surface area contributed by atoms with Crippen LogP contribution in [0.2, 0.25) is 0 Å². The first-order valence-corrected chi connectivity index (χ1v) is 8.60. The molecule has 0 aliphatic carbocycles. The number of nitrogens with zero attached hydrogens (tertiary/aromatic N) is 5. The molecule has 0 aliphatic rings. The molecule has 0 saturated heterocycles. The number of aliphatic hydroxyl groups is 1. The second-order valence-corrected chi connectivity index (χ2v) is 6.16. The number of hydrogen-bond donors (Lipinski definition) is 2. The van der Waals surface area contributed by atoms with Crippen molar-refractivity contribution in [2.24, 2.45) is 14.1 Å². The summed E-state index contributed by atoms with van der Waals surface area (Å²) in [6.07, 6.45) is 4.15. The number of amides is 2. The van der Waals surface area contributed by atoms with E-state index in [0.29, 0.717) is 19.5 Å². The number of rotatable bonds is 7. The molecular weight excluding hydrogens is 332 g/mol. The van der Waals surface area contributed by atoms with Crippen molar-refractivity contribution in [2.45, 2.75) is 13.0 Å². The van der Waals surface area contributed by atoms with Crippen LogP contribution in [0.3, 0.4) is 0 Å². The molecule has 8 heteroatoms. The predicted molar refractivity (Wildman–Crippen MR) is 98.5 cm³/mol. The van der Waals surface area contributed by atoms with Crippen LogP contribution in [0, 0.1) is 0 Å². The maximum atomic E-state index is 12.5. The number of imidazole rings is 2. The van der Waals surface area contributed by atoms with Gasteiger partial charge in [0.15, 0.2) is 0 Å². The largest absolute Gasteiger partial charge is 0.395 e. The quantitative estimate of drug-likeness (QED) is 0.662. The molecule has 0 radical (unpaired) electrons. The van der Waals surface area contributed by atoms with E-state index in [1.54, 1.807) is 11.1 Å². The number of carbonyl (C=O) groups excluding carboxylic acids is 1. The van der Waals surface area contributed by atoms with Gasteiger partial charge in [-0.1, -0.05) is 12.1 Å². The van der Waals surface area contributed by atoms with Crippen LogP contribution in [0.5, 0.6) is 0 Å². The van der Waals surface area contributed by atoms with Gasteiger partial charge in [0.25, 0.3) is 0 Å². The summed E-state index contributed by atoms with van der Waals surface area (Å²) in [5.41, 5.74) is 2.03. The fourth-order valence-corrected chi connectivity index (χ4v) is 2.90. The summed E-state index contributed by atoms with van der Waals surface area (Å²) >= 11 is 0. The second kappa shape index (κ2) is 8.01. The third-order valence-electron chi connectivity index (χ3n) is 4.41. The smallest absolute Gasteiger partial charge is 0.317 e. The molecule has 0 saturated carbocycles. The predicted octanol–water partition coefficient (Wildman–Crippen LogP) is 1.05. The summed E-state index contributed by atoms with van der Waals surface area (Å²) < 4.78 is 3.90. The molecule has 0 unspecified atom stereocenters. The van der Waals surface area contributed by atoms with Gasteiger partial charge in [-0.15, -0.1) is 0 Å². The number of para-hydroxylation sites is 2. The van der Waals surface area contributed by atoms with Crippen molar-refractivity contribution in [1.82, 2.24) is 29.3 Å². The first kappa shape index (κ1) is 17.9. The van der Waals surface area contributed by atoms with Gasteiger partial charge in [-0.05, 0) is 12.1 Å². The number of aromatic nitrogens is 4. The fourth-order valence-electron chi connectivity index (χ4n) is 2.90. The van der Waals surface area contributed by atoms with E-state index in [1.165, 1.54) is 0 Å². The lowest BCUT2D eigenvalue weighted by Gasteiger charge is -2.22. The van der Waals surface area contributed by atoms with E-state index in [0.717, 1.165) is 22.7 Å². The summed E-state index contributed by atoms with van der Waals surface area (Å²) in [7, 11) is 3.86. The first-order chi connectivity index (χ1) is 12.6. The Morgan fingerprint density at radius 1 is 1.27 bits per heavy atom. The molecule has 8 nitrogen and oxygen atoms in total. The highest BCUT2D eigenvalue weighted by Crippen LogP contribution is 2.14. The highest BCUT2D eigenvalue weighted by molar-refractivity contribution is 5.76. The summed E-state index contributed by atoms with van der Waals surface area (Å²) in [4.78, 5) is 22.8. The molecule has 2 N–H and O–H groups in total. The van der Waals surface area contributed by atoms with E-state index in [9.17, 15) is 9.90 Å². The van der Waals surface area contributed by atoms with Crippen molar-refractivity contribution < 1.29 is 9.90 Å². The lowest BCUT2D eigenvalue weighted by atomic mass is 10.3. The average molecular weight is 356 g/mol. The molecule has 3 aromatic rings. The van der Waals surface area contributed by atoms with Gasteiger partial charge >= 0.3 is 6.03 Å². The van der Waals surface area contributed by atoms with E-state index in [4.69, 9.17) is 0 Å². The van der Waals surface area contributed by atoms with Crippen LogP contribution in [0.4, 0.5) is 4.79 Å². The summed E-state index contributed by atoms with van der Waals surface area (Å²) in [5.74, 6) is 1.69. The Morgan fingerprint density at radius 2 is 2.08 bits per heavy atom. The zero-order valence-electron chi connectivity index (χ0n) is 15.1. The van der Waals surface area contributed by atoms with Crippen LogP contribution in [0.1, 0.15) is 11.6 Å². The minimum absolute atomic E-state index is 0.0946. The number of carbonyl (C=O) groups is 1. The average Bonchev–Trinajstić information content (AvgIpc) is 3.18. The highest BCUT2D eigenvalue weighted by atomic mass is 16.3. The number of benzene rings is 1. The molecule has 0 atom stereocenters. The van der Waals surface area contributed by atoms with Crippen LogP contribution in [0.25, 0.3) is 11.0 Å². The Bertz CT molecular complexity index is 885. The Hall–Kier alpha value is -2.87. The standard InChI is InChI=1S/C18H24N6O2/c1-22-10-9-19-17(22)13-24(11-12-25)18(26)20-8-7-16-21-14-5-3-4-6-15(14)23(16)2/h3-6,9-10,25H,7-8,11-13H2,1-2H3,(H,20,26). The Balaban J connectivity index is 1.59. The van der Waals surface area contributed by atoms with Gasteiger partial charge in [0.1, 0.15) is 11.6 Å². The molecule has 2 amide bonds. The Kier molecular flexibility index (Phi) is 5.52. The lowest BCUT2D eigenvalue weighted by molar-refractivity contribution is 0.172. The van der Waals surface area contributed by atoms with Crippen LogP contribution >= 0.6 is 0 Å². The second-order valence-electron chi connectivity index (χ2n) is 6.16. The summed E-state index contributed by atoms with van der Waals surface area (Å²) in [6.45, 7) is 0.980. The highest BCUT2D eigenvalue weighted by Gasteiger charge is 2.15. The normalized spacial score (nSPS) is 11.0. The van der Waals surface area contributed by atoms with Gasteiger partial charge in [-0.3, -0.25) is 0 Å². The zero-order valence-corrected chi connectivity index (χ0v) is 15.1. The molecule has 2 heterocycles. The van der Waals surface area contributed by atoms with Crippen molar-refractivity contribution in [2.75, 3.05) is 19.7 Å². The summed E-state index contributed by atoms with van der Waals surface area (Å²) in [6, 6.07) is 7.74. The minimum atomic E-state index is -0.221. The number of aliphatic hydroxyl groups excluding tert-OH is 1. The van der Waals surface area contributed by atoms with Crippen molar-refractivity contribution in [3.05, 3.63) is 48.3 Å². The van der Waals surface area contributed by atoms with E-state index in [2.05, 4.69) is 15.3 Å². The van der Waals surface area contributed by atoms with E-state index in [-0.39, 0.29) is 19.2 Å². The molecule has 0 bridgehead atoms. The third-order valence-corrected chi connectivity index (χ3v) is 4.41. The van der Waals surface area contributed by atoms with E-state index in [1.807, 2.05) is 53.7 Å². The molecule has 2 aromatic heterocycles. The van der Waals surface area contributed by atoms with Crippen LogP contribution in [0.15, 0.2) is 36.7 Å². The maximum absolute atomic E-state index is 12.5. The number of hydrogen-bond acceptors (Lipinski definition) is 4. The monoisotopic (exact) mass is 356 g/mol. The maximum Gasteiger partial charge on any atom is 0.317 e. The SMILES string of the molecule is Cn1ccnc1CN(CCO)C(=O)NCCc1nc2ccccc2n1C. The molecule has 0 spiro atoms. The molecule has 1 aromatic carbocycles. The fraction of sp³-hybridized carbons (Fsp3) is 0.389. The van der Waals surface area contributed by atoms with Crippen LogP contribution in [-0.2, 0) is 27.1 Å². The number of fused-ring (bicyclic) bond motifs is 1. The molecule has 0 fully saturated rings. The number of nitrogens with one attached hydrogen (secondary N) is 1. The molecule has 26 heavy (non-hydrogen) atoms. The van der Waals surface area contributed by atoms with Crippen molar-refractivity contribution in [1.29, 1.82) is 0 Å².